The van der Waals surface area contributed by atoms with E-state index in [-0.39, 0.29) is 61.2 Å². The minimum atomic E-state index is 0. The van der Waals surface area contributed by atoms with Crippen LogP contribution in [-0.2, 0) is 53.8 Å². The Morgan fingerprint density at radius 3 is 1.92 bits per heavy atom. The molecule has 0 amide bonds. The summed E-state index contributed by atoms with van der Waals surface area (Å²) in [6.07, 6.45) is 7.85. The molecule has 0 aromatic rings. The molecule has 1 aliphatic rings. The van der Waals surface area contributed by atoms with Crippen LogP contribution in [0.3, 0.4) is 0 Å². The average molecular weight is 425 g/mol. The Bertz CT molecular complexity index is 130. The largest absolute Gasteiger partial charge is 0.358 e. The van der Waals surface area contributed by atoms with Crippen LogP contribution in [0.1, 0.15) is 40.5 Å². The Balaban J connectivity index is -0.0000000761. The maximum absolute atomic E-state index is 3.28. The van der Waals surface area contributed by atoms with E-state index < -0.39 is 0 Å². The van der Waals surface area contributed by atoms with E-state index in [1.54, 1.807) is 0 Å². The fourth-order valence-electron chi connectivity index (χ4n) is 0.841. The first-order valence-corrected chi connectivity index (χ1v) is 4.05. The van der Waals surface area contributed by atoms with Crippen molar-refractivity contribution < 1.29 is 53.8 Å². The molecule has 0 saturated heterocycles. The molecule has 0 nitrogen and oxygen atoms in total. The van der Waals surface area contributed by atoms with E-state index in [0.717, 1.165) is 6.42 Å². The molecule has 1 rings (SSSR count). The Labute approximate surface area is 124 Å². The second-order valence-corrected chi connectivity index (χ2v) is 2.23. The normalized spacial score (nSPS) is 12.6. The summed E-state index contributed by atoms with van der Waals surface area (Å²) < 4.78 is 0. The summed E-state index contributed by atoms with van der Waals surface area (Å²) in [5.74, 6) is 0. The van der Waals surface area contributed by atoms with Gasteiger partial charge in [-0.2, -0.15) is 6.08 Å². The van der Waals surface area contributed by atoms with E-state index in [0.29, 0.717) is 0 Å². The molecule has 0 atom stereocenters. The van der Waals surface area contributed by atoms with Crippen molar-refractivity contribution in [3.8, 4) is 0 Å². The molecule has 0 spiro atoms. The van der Waals surface area contributed by atoms with Crippen LogP contribution >= 0.6 is 0 Å². The Kier molecular flexibility index (Phi) is 28.8. The molecule has 0 saturated carbocycles. The van der Waals surface area contributed by atoms with Crippen molar-refractivity contribution in [2.24, 2.45) is 0 Å². The van der Waals surface area contributed by atoms with E-state index in [1.807, 2.05) is 13.8 Å². The van der Waals surface area contributed by atoms with E-state index in [1.165, 1.54) is 17.6 Å². The molecule has 75 valence electrons. The Hall–Kier alpha value is 1.27. The molecule has 0 N–H and O–H groups in total. The summed E-state index contributed by atoms with van der Waals surface area (Å²) in [6.45, 7) is 8.26. The first kappa shape index (κ1) is 23.8. The van der Waals surface area contributed by atoms with Crippen LogP contribution in [0.15, 0.2) is 17.2 Å². The van der Waals surface area contributed by atoms with Crippen LogP contribution in [0.4, 0.5) is 0 Å². The van der Waals surface area contributed by atoms with Crippen LogP contribution in [0.5, 0.6) is 0 Å². The SMILES string of the molecule is CC.CC1=[C-]CCC=C1C.[CH3-].[W].[Y]. The van der Waals surface area contributed by atoms with E-state index in [2.05, 4.69) is 26.0 Å². The molecule has 0 aromatic heterocycles. The first-order valence-electron chi connectivity index (χ1n) is 4.05. The smallest absolute Gasteiger partial charge is 0 e. The number of allylic oxidation sites excluding steroid dienone is 4. The number of hydrogen-bond acceptors (Lipinski definition) is 0. The van der Waals surface area contributed by atoms with E-state index in [4.69, 9.17) is 0 Å². The molecular weight excluding hydrogens is 405 g/mol. The van der Waals surface area contributed by atoms with E-state index in [9.17, 15) is 0 Å². The molecule has 13 heavy (non-hydrogen) atoms. The second kappa shape index (κ2) is 15.7. The molecule has 0 aliphatic heterocycles. The second-order valence-electron chi connectivity index (χ2n) is 2.23. The van der Waals surface area contributed by atoms with Gasteiger partial charge in [-0.25, -0.2) is 11.1 Å². The van der Waals surface area contributed by atoms with Crippen LogP contribution in [0.25, 0.3) is 0 Å². The van der Waals surface area contributed by atoms with Gasteiger partial charge in [0.25, 0.3) is 0 Å². The number of rotatable bonds is 0. The predicted molar refractivity (Wildman–Crippen MR) is 53.2 cm³/mol. The van der Waals surface area contributed by atoms with Crippen molar-refractivity contribution in [1.29, 1.82) is 0 Å². The van der Waals surface area contributed by atoms with Crippen molar-refractivity contribution in [2.75, 3.05) is 0 Å². The van der Waals surface area contributed by atoms with Crippen LogP contribution in [-0.4, -0.2) is 0 Å². The number of hydrogen-bond donors (Lipinski definition) is 0. The third-order valence-electron chi connectivity index (χ3n) is 1.58. The van der Waals surface area contributed by atoms with Gasteiger partial charge in [-0.15, -0.1) is 13.3 Å². The summed E-state index contributed by atoms with van der Waals surface area (Å²) in [4.78, 5) is 0. The minimum Gasteiger partial charge on any atom is -0.358 e. The van der Waals surface area contributed by atoms with Gasteiger partial charge in [-0.1, -0.05) is 27.2 Å². The van der Waals surface area contributed by atoms with Gasteiger partial charge in [-0.05, 0) is 0 Å². The first-order chi connectivity index (χ1) is 4.80. The van der Waals surface area contributed by atoms with Gasteiger partial charge in [0.2, 0.25) is 0 Å². The third-order valence-corrected chi connectivity index (χ3v) is 1.58. The topological polar surface area (TPSA) is 0 Å². The zero-order chi connectivity index (χ0) is 7.98. The van der Waals surface area contributed by atoms with Crippen molar-refractivity contribution in [3.05, 3.63) is 30.7 Å². The van der Waals surface area contributed by atoms with Crippen molar-refractivity contribution in [1.82, 2.24) is 0 Å². The van der Waals surface area contributed by atoms with Gasteiger partial charge in [0.15, 0.2) is 0 Å². The summed E-state index contributed by atoms with van der Waals surface area (Å²) in [7, 11) is 0. The van der Waals surface area contributed by atoms with E-state index >= 15 is 0 Å². The average Bonchev–Trinajstić information content (AvgIpc) is 2.00. The molecule has 2 heteroatoms. The summed E-state index contributed by atoms with van der Waals surface area (Å²) in [6, 6.07) is 0. The fourth-order valence-corrected chi connectivity index (χ4v) is 0.841. The van der Waals surface area contributed by atoms with Gasteiger partial charge in [0, 0.05) is 53.8 Å². The molecular formula is C11H20WY-2. The Morgan fingerprint density at radius 2 is 1.69 bits per heavy atom. The van der Waals surface area contributed by atoms with Gasteiger partial charge in [0.05, 0.1) is 0 Å². The third kappa shape index (κ3) is 11.2. The van der Waals surface area contributed by atoms with Crippen LogP contribution in [0.2, 0.25) is 0 Å². The molecule has 1 radical (unpaired) electrons. The molecule has 0 heterocycles. The maximum Gasteiger partial charge on any atom is 0 e. The maximum atomic E-state index is 3.28. The zero-order valence-corrected chi connectivity index (χ0v) is 15.2. The predicted octanol–water partition coefficient (Wildman–Crippen LogP) is 3.95. The fraction of sp³-hybridized carbons (Fsp3) is 0.545. The van der Waals surface area contributed by atoms with Gasteiger partial charge < -0.3 is 7.43 Å². The Morgan fingerprint density at radius 1 is 1.23 bits per heavy atom. The van der Waals surface area contributed by atoms with Gasteiger partial charge >= 0.3 is 0 Å². The van der Waals surface area contributed by atoms with Crippen LogP contribution < -0.4 is 0 Å². The van der Waals surface area contributed by atoms with Crippen molar-refractivity contribution in [3.63, 3.8) is 0 Å². The van der Waals surface area contributed by atoms with Crippen molar-refractivity contribution in [2.45, 2.75) is 40.5 Å². The zero-order valence-electron chi connectivity index (χ0n) is 9.48. The molecule has 0 fully saturated rings. The van der Waals surface area contributed by atoms with Crippen LogP contribution in [0, 0.1) is 13.5 Å². The monoisotopic (exact) mass is 425 g/mol. The van der Waals surface area contributed by atoms with Gasteiger partial charge in [0.1, 0.15) is 0 Å². The summed E-state index contributed by atoms with van der Waals surface area (Å²) in [5, 5.41) is 0. The molecule has 1 aliphatic carbocycles. The van der Waals surface area contributed by atoms with Gasteiger partial charge in [-0.3, -0.25) is 6.08 Å². The molecule has 0 aromatic carbocycles. The molecule has 0 bridgehead atoms. The summed E-state index contributed by atoms with van der Waals surface area (Å²) in [5.41, 5.74) is 2.73. The molecule has 0 unspecified atom stereocenters. The minimum absolute atomic E-state index is 0. The summed E-state index contributed by atoms with van der Waals surface area (Å²) >= 11 is 0. The standard InChI is InChI=1S/C8H11.C2H6.CH3.W.Y/c1-7-5-3-4-6-8(7)2;1-2;;;/h5H,3-4H2,1-2H3;1-2H3;1H3;;/q-1;;-1;;. The van der Waals surface area contributed by atoms with Crippen molar-refractivity contribution >= 4 is 0 Å². The quantitative estimate of drug-likeness (QED) is 0.516.